The van der Waals surface area contributed by atoms with Gasteiger partial charge in [-0.15, -0.1) is 0 Å². The van der Waals surface area contributed by atoms with E-state index in [1.54, 1.807) is 42.5 Å². The molecule has 1 aliphatic heterocycles. The Morgan fingerprint density at radius 3 is 2.57 bits per heavy atom. The number of halogens is 2. The molecule has 0 N–H and O–H groups in total. The molecule has 1 aliphatic rings. The predicted molar refractivity (Wildman–Crippen MR) is 135 cm³/mol. The Morgan fingerprint density at radius 1 is 1.00 bits per heavy atom. The summed E-state index contributed by atoms with van der Waals surface area (Å²) in [7, 11) is 0. The number of nitriles is 1. The van der Waals surface area contributed by atoms with Crippen LogP contribution in [0.4, 0.5) is 9.18 Å². The van der Waals surface area contributed by atoms with Crippen molar-refractivity contribution in [3.63, 3.8) is 0 Å². The molecule has 1 saturated heterocycles. The predicted octanol–water partition coefficient (Wildman–Crippen LogP) is 6.59. The Hall–Kier alpha value is -3.86. The first-order valence-electron chi connectivity index (χ1n) is 10.7. The summed E-state index contributed by atoms with van der Waals surface area (Å²) in [5, 5.41) is 10.1. The van der Waals surface area contributed by atoms with Gasteiger partial charge in [0.2, 0.25) is 0 Å². The summed E-state index contributed by atoms with van der Waals surface area (Å²) in [6.07, 6.45) is 3.51. The Bertz CT molecular complexity index is 1550. The molecule has 5 nitrogen and oxygen atoms in total. The molecular formula is C27H17ClFN3O2S. The maximum Gasteiger partial charge on any atom is 0.293 e. The van der Waals surface area contributed by atoms with Crippen molar-refractivity contribution in [1.29, 1.82) is 5.26 Å². The number of nitrogens with zero attached hydrogens (tertiary/aromatic N) is 3. The number of hydrogen-bond donors (Lipinski definition) is 0. The van der Waals surface area contributed by atoms with Crippen LogP contribution in [0.5, 0.6) is 0 Å². The zero-order valence-corrected chi connectivity index (χ0v) is 19.8. The van der Waals surface area contributed by atoms with E-state index in [-0.39, 0.29) is 18.0 Å². The van der Waals surface area contributed by atoms with Crippen LogP contribution in [0.3, 0.4) is 0 Å². The number of carbonyl (C=O) groups excluding carboxylic acids is 2. The summed E-state index contributed by atoms with van der Waals surface area (Å²) in [6.45, 7) is 0.242. The van der Waals surface area contributed by atoms with E-state index in [0.29, 0.717) is 21.7 Å². The van der Waals surface area contributed by atoms with Crippen molar-refractivity contribution in [3.05, 3.63) is 111 Å². The zero-order valence-electron chi connectivity index (χ0n) is 18.2. The molecule has 0 atom stereocenters. The monoisotopic (exact) mass is 501 g/mol. The van der Waals surface area contributed by atoms with Crippen molar-refractivity contribution in [1.82, 2.24) is 9.47 Å². The smallest absolute Gasteiger partial charge is 0.293 e. The summed E-state index contributed by atoms with van der Waals surface area (Å²) < 4.78 is 16.3. The molecule has 0 radical (unpaired) electrons. The molecule has 0 aliphatic carbocycles. The Balaban J connectivity index is 1.49. The van der Waals surface area contributed by atoms with Crippen LogP contribution in [0.1, 0.15) is 22.3 Å². The van der Waals surface area contributed by atoms with E-state index < -0.39 is 17.0 Å². The lowest BCUT2D eigenvalue weighted by molar-refractivity contribution is -0.123. The van der Waals surface area contributed by atoms with Gasteiger partial charge in [-0.1, -0.05) is 54.1 Å². The molecule has 4 aromatic rings. The molecule has 172 valence electrons. The lowest BCUT2D eigenvalue weighted by Crippen LogP contribution is -2.27. The third-order valence-corrected chi connectivity index (χ3v) is 7.10. The molecule has 8 heteroatoms. The fourth-order valence-corrected chi connectivity index (χ4v) is 5.14. The second kappa shape index (κ2) is 9.41. The molecule has 35 heavy (non-hydrogen) atoms. The van der Waals surface area contributed by atoms with Crippen LogP contribution in [-0.4, -0.2) is 20.6 Å². The molecule has 3 aromatic carbocycles. The summed E-state index contributed by atoms with van der Waals surface area (Å²) in [6, 6.07) is 21.1. The van der Waals surface area contributed by atoms with E-state index >= 15 is 0 Å². The number of para-hydroxylation sites is 1. The first-order valence-corrected chi connectivity index (χ1v) is 11.9. The molecule has 0 unspecified atom stereocenters. The maximum absolute atomic E-state index is 14.4. The van der Waals surface area contributed by atoms with E-state index in [4.69, 9.17) is 11.6 Å². The van der Waals surface area contributed by atoms with Crippen LogP contribution in [0.2, 0.25) is 5.02 Å². The van der Waals surface area contributed by atoms with E-state index in [1.165, 1.54) is 6.07 Å². The molecule has 0 spiro atoms. The van der Waals surface area contributed by atoms with Gasteiger partial charge in [0.15, 0.2) is 0 Å². The number of aromatic nitrogens is 1. The third-order valence-electron chi connectivity index (χ3n) is 5.84. The SMILES string of the molecule is N#Cc1ccccc1CN1C(=O)S/C(=C/c2cn(Cc3c(F)cccc3Cl)c3ccccc23)C1=O. The number of carbonyl (C=O) groups is 2. The number of amides is 2. The topological polar surface area (TPSA) is 66.1 Å². The lowest BCUT2D eigenvalue weighted by Gasteiger charge is -2.13. The fraction of sp³-hybridized carbons (Fsp3) is 0.0741. The first kappa shape index (κ1) is 22.9. The molecule has 2 heterocycles. The van der Waals surface area contributed by atoms with Crippen molar-refractivity contribution in [3.8, 4) is 6.07 Å². The number of rotatable bonds is 5. The van der Waals surface area contributed by atoms with Gasteiger partial charge in [0.05, 0.1) is 29.6 Å². The number of hydrogen-bond acceptors (Lipinski definition) is 4. The van der Waals surface area contributed by atoms with Gasteiger partial charge >= 0.3 is 0 Å². The van der Waals surface area contributed by atoms with Gasteiger partial charge in [0, 0.05) is 33.2 Å². The van der Waals surface area contributed by atoms with E-state index in [9.17, 15) is 19.2 Å². The van der Waals surface area contributed by atoms with Gasteiger partial charge in [-0.3, -0.25) is 14.5 Å². The average molecular weight is 502 g/mol. The van der Waals surface area contributed by atoms with Crippen LogP contribution >= 0.6 is 23.4 Å². The first-order chi connectivity index (χ1) is 17.0. The number of benzene rings is 3. The van der Waals surface area contributed by atoms with Crippen molar-refractivity contribution in [2.45, 2.75) is 13.1 Å². The minimum Gasteiger partial charge on any atom is -0.342 e. The Labute approximate surface area is 210 Å². The highest BCUT2D eigenvalue weighted by atomic mass is 35.5. The zero-order chi connectivity index (χ0) is 24.5. The van der Waals surface area contributed by atoms with Crippen LogP contribution in [0.15, 0.2) is 77.8 Å². The summed E-state index contributed by atoms with van der Waals surface area (Å²) >= 11 is 7.10. The second-order valence-electron chi connectivity index (χ2n) is 7.97. The quantitative estimate of drug-likeness (QED) is 0.289. The van der Waals surface area contributed by atoms with Gasteiger partial charge in [0.25, 0.3) is 11.1 Å². The minimum atomic E-state index is -0.415. The average Bonchev–Trinajstić information content (AvgIpc) is 3.34. The van der Waals surface area contributed by atoms with Gasteiger partial charge in [-0.25, -0.2) is 4.39 Å². The van der Waals surface area contributed by atoms with Crippen LogP contribution < -0.4 is 0 Å². The summed E-state index contributed by atoms with van der Waals surface area (Å²) in [4.78, 5) is 27.2. The van der Waals surface area contributed by atoms with Gasteiger partial charge < -0.3 is 4.57 Å². The molecule has 5 rings (SSSR count). The van der Waals surface area contributed by atoms with Crippen molar-refractivity contribution < 1.29 is 14.0 Å². The molecule has 1 fully saturated rings. The normalized spacial score (nSPS) is 14.8. The Kier molecular flexibility index (Phi) is 6.16. The van der Waals surface area contributed by atoms with Gasteiger partial charge in [-0.05, 0) is 47.7 Å². The second-order valence-corrected chi connectivity index (χ2v) is 9.37. The third kappa shape index (κ3) is 4.34. The highest BCUT2D eigenvalue weighted by molar-refractivity contribution is 8.18. The largest absolute Gasteiger partial charge is 0.342 e. The molecular weight excluding hydrogens is 485 g/mol. The summed E-state index contributed by atoms with van der Waals surface area (Å²) in [5.74, 6) is -0.808. The van der Waals surface area contributed by atoms with Crippen molar-refractivity contribution in [2.75, 3.05) is 0 Å². The number of imide groups is 1. The summed E-state index contributed by atoms with van der Waals surface area (Å²) in [5.41, 5.74) is 2.98. The highest BCUT2D eigenvalue weighted by Crippen LogP contribution is 2.35. The molecule has 1 aromatic heterocycles. The molecule has 0 bridgehead atoms. The molecule has 0 saturated carbocycles. The number of thioether (sulfide) groups is 1. The van der Waals surface area contributed by atoms with Crippen molar-refractivity contribution in [2.24, 2.45) is 0 Å². The van der Waals surface area contributed by atoms with Gasteiger partial charge in [0.1, 0.15) is 5.82 Å². The van der Waals surface area contributed by atoms with Crippen LogP contribution in [0, 0.1) is 17.1 Å². The highest BCUT2D eigenvalue weighted by Gasteiger charge is 2.35. The van der Waals surface area contributed by atoms with E-state index in [2.05, 4.69) is 6.07 Å². The minimum absolute atomic E-state index is 0.0271. The fourth-order valence-electron chi connectivity index (χ4n) is 4.09. The molecule has 2 amide bonds. The number of fused-ring (bicyclic) bond motifs is 1. The van der Waals surface area contributed by atoms with Crippen LogP contribution in [0.25, 0.3) is 17.0 Å². The lowest BCUT2D eigenvalue weighted by atomic mass is 10.1. The van der Waals surface area contributed by atoms with Crippen LogP contribution in [-0.2, 0) is 17.9 Å². The van der Waals surface area contributed by atoms with E-state index in [1.807, 2.05) is 35.0 Å². The van der Waals surface area contributed by atoms with Gasteiger partial charge in [-0.2, -0.15) is 5.26 Å². The maximum atomic E-state index is 14.4. The standard InChI is InChI=1S/C27H17ClFN3O2S/c28-22-9-5-10-23(29)21(22)16-31-14-19(20-8-3-4-11-24(20)31)12-25-26(33)32(27(34)35-25)15-18-7-2-1-6-17(18)13-30/h1-12,14H,15-16H2/b25-12+. The van der Waals surface area contributed by atoms with Crippen molar-refractivity contribution >= 4 is 51.5 Å². The Morgan fingerprint density at radius 2 is 1.77 bits per heavy atom. The van der Waals surface area contributed by atoms with E-state index in [0.717, 1.165) is 33.1 Å².